The van der Waals surface area contributed by atoms with E-state index in [4.69, 9.17) is 9.47 Å². The van der Waals surface area contributed by atoms with Crippen LogP contribution in [0.15, 0.2) is 109 Å². The highest BCUT2D eigenvalue weighted by molar-refractivity contribution is 6.15. The molecule has 0 spiro atoms. The van der Waals surface area contributed by atoms with Crippen LogP contribution >= 0.6 is 0 Å². The second-order valence-electron chi connectivity index (χ2n) is 8.12. The topological polar surface area (TPSA) is 35.5 Å². The molecule has 3 heteroatoms. The minimum atomic E-state index is -0.110. The maximum absolute atomic E-state index is 12.9. The van der Waals surface area contributed by atoms with Crippen LogP contribution in [0.2, 0.25) is 0 Å². The minimum Gasteiger partial charge on any atom is -0.489 e. The van der Waals surface area contributed by atoms with Gasteiger partial charge in [-0.25, -0.2) is 0 Å². The molecule has 1 aliphatic rings. The molecule has 5 rings (SSSR count). The van der Waals surface area contributed by atoms with Gasteiger partial charge in [0.25, 0.3) is 0 Å². The summed E-state index contributed by atoms with van der Waals surface area (Å²) in [5.41, 5.74) is 5.71. The van der Waals surface area contributed by atoms with Crippen molar-refractivity contribution in [3.63, 3.8) is 0 Å². The molecule has 0 fully saturated rings. The Kier molecular flexibility index (Phi) is 6.09. The van der Waals surface area contributed by atoms with Crippen LogP contribution in [0.3, 0.4) is 0 Å². The van der Waals surface area contributed by atoms with E-state index in [0.717, 1.165) is 27.8 Å². The maximum atomic E-state index is 12.9. The lowest BCUT2D eigenvalue weighted by molar-refractivity contribution is 0.101. The predicted octanol–water partition coefficient (Wildman–Crippen LogP) is 7.37. The highest BCUT2D eigenvalue weighted by atomic mass is 16.5. The highest BCUT2D eigenvalue weighted by Gasteiger charge is 2.30. The molecule has 4 aromatic rings. The maximum Gasteiger partial charge on any atom is 0.231 e. The molecule has 3 nitrogen and oxygen atoms in total. The van der Waals surface area contributed by atoms with Crippen LogP contribution in [-0.4, -0.2) is 12.4 Å². The molecule has 1 heterocycles. The van der Waals surface area contributed by atoms with E-state index in [1.165, 1.54) is 0 Å². The fourth-order valence-electron chi connectivity index (χ4n) is 3.96. The number of hydrogen-bond donors (Lipinski definition) is 0. The number of ketones is 1. The molecular formula is C31H24O3. The minimum absolute atomic E-state index is 0.110. The number of allylic oxidation sites excluding steroid dienone is 1. The molecule has 0 unspecified atom stereocenters. The standard InChI is InChI=1S/C31H24O3/c1-22-28(33-20-8-11-23-9-4-2-5-10-23)19-18-27-30(32)29(34-31(22)27)21-24-14-16-26(17-15-24)25-12-6-3-7-13-25/h2-19,21H,20H2,1H3/b11-8+,29-21-. The second kappa shape index (κ2) is 9.63. The van der Waals surface area contributed by atoms with Crippen LogP contribution < -0.4 is 9.47 Å². The van der Waals surface area contributed by atoms with Crippen LogP contribution in [0, 0.1) is 6.92 Å². The molecule has 0 N–H and O–H groups in total. The summed E-state index contributed by atoms with van der Waals surface area (Å²) in [6.45, 7) is 2.35. The summed E-state index contributed by atoms with van der Waals surface area (Å²) in [6, 6.07) is 32.0. The van der Waals surface area contributed by atoms with Crippen LogP contribution in [0.4, 0.5) is 0 Å². The Labute approximate surface area is 199 Å². The number of carbonyl (C=O) groups is 1. The molecule has 0 atom stereocenters. The van der Waals surface area contributed by atoms with E-state index in [0.29, 0.717) is 29.4 Å². The number of Topliss-reactive ketones (excluding diaryl/α,β-unsaturated/α-hetero) is 1. The van der Waals surface area contributed by atoms with Gasteiger partial charge in [0.2, 0.25) is 5.78 Å². The largest absolute Gasteiger partial charge is 0.489 e. The summed E-state index contributed by atoms with van der Waals surface area (Å²) in [6.07, 6.45) is 5.78. The molecule has 0 saturated heterocycles. The number of fused-ring (bicyclic) bond motifs is 1. The van der Waals surface area contributed by atoms with Gasteiger partial charge in [-0.15, -0.1) is 0 Å². The first-order valence-corrected chi connectivity index (χ1v) is 11.3. The quantitative estimate of drug-likeness (QED) is 0.291. The Balaban J connectivity index is 1.30. The van der Waals surface area contributed by atoms with Crippen molar-refractivity contribution in [2.24, 2.45) is 0 Å². The fraction of sp³-hybridized carbons (Fsp3) is 0.0645. The van der Waals surface area contributed by atoms with Gasteiger partial charge in [-0.05, 0) is 53.5 Å². The van der Waals surface area contributed by atoms with Gasteiger partial charge in [0.15, 0.2) is 5.76 Å². The van der Waals surface area contributed by atoms with Crippen molar-refractivity contribution in [2.45, 2.75) is 6.92 Å². The molecule has 1 aliphatic heterocycles. The molecule has 166 valence electrons. The monoisotopic (exact) mass is 444 g/mol. The van der Waals surface area contributed by atoms with Crippen molar-refractivity contribution in [3.8, 4) is 22.6 Å². The van der Waals surface area contributed by atoms with Gasteiger partial charge in [0, 0.05) is 5.56 Å². The molecule has 0 aliphatic carbocycles. The third-order valence-corrected chi connectivity index (χ3v) is 5.80. The summed E-state index contributed by atoms with van der Waals surface area (Å²) >= 11 is 0. The third kappa shape index (κ3) is 4.55. The van der Waals surface area contributed by atoms with E-state index in [1.807, 2.05) is 85.8 Å². The van der Waals surface area contributed by atoms with E-state index in [-0.39, 0.29) is 5.78 Å². The lowest BCUT2D eigenvalue weighted by atomic mass is 10.0. The molecule has 4 aromatic carbocycles. The Morgan fingerprint density at radius 2 is 1.44 bits per heavy atom. The van der Waals surface area contributed by atoms with E-state index in [1.54, 1.807) is 12.1 Å². The third-order valence-electron chi connectivity index (χ3n) is 5.80. The summed E-state index contributed by atoms with van der Waals surface area (Å²) in [5.74, 6) is 1.49. The van der Waals surface area contributed by atoms with Gasteiger partial charge in [0.1, 0.15) is 18.1 Å². The first kappa shape index (κ1) is 21.5. The highest BCUT2D eigenvalue weighted by Crippen LogP contribution is 2.39. The van der Waals surface area contributed by atoms with Gasteiger partial charge in [-0.3, -0.25) is 4.79 Å². The fourth-order valence-corrected chi connectivity index (χ4v) is 3.96. The Bertz CT molecular complexity index is 1370. The first-order valence-electron chi connectivity index (χ1n) is 11.3. The molecule has 0 amide bonds. The summed E-state index contributed by atoms with van der Waals surface area (Å²) < 4.78 is 11.9. The normalized spacial score (nSPS) is 13.8. The zero-order chi connectivity index (χ0) is 23.3. The Morgan fingerprint density at radius 3 is 2.18 bits per heavy atom. The predicted molar refractivity (Wildman–Crippen MR) is 137 cm³/mol. The number of benzene rings is 4. The average molecular weight is 445 g/mol. The number of hydrogen-bond acceptors (Lipinski definition) is 3. The summed E-state index contributed by atoms with van der Waals surface area (Å²) in [7, 11) is 0. The molecule has 34 heavy (non-hydrogen) atoms. The van der Waals surface area contributed by atoms with Crippen molar-refractivity contribution >= 4 is 17.9 Å². The summed E-state index contributed by atoms with van der Waals surface area (Å²) in [5, 5.41) is 0. The van der Waals surface area contributed by atoms with Crippen LogP contribution in [-0.2, 0) is 0 Å². The lowest BCUT2D eigenvalue weighted by Crippen LogP contribution is -1.98. The van der Waals surface area contributed by atoms with E-state index in [2.05, 4.69) is 24.3 Å². The average Bonchev–Trinajstić information content (AvgIpc) is 3.20. The Morgan fingerprint density at radius 1 is 0.765 bits per heavy atom. The van der Waals surface area contributed by atoms with E-state index < -0.39 is 0 Å². The SMILES string of the molecule is Cc1c(OC/C=C/c2ccccc2)ccc2c1O/C(=C\c1ccc(-c3ccccc3)cc1)C2=O. The molecule has 0 saturated carbocycles. The molecule has 0 radical (unpaired) electrons. The molecule has 0 aromatic heterocycles. The number of carbonyl (C=O) groups excluding carboxylic acids is 1. The lowest BCUT2D eigenvalue weighted by Gasteiger charge is -2.10. The Hall–Kier alpha value is -4.37. The van der Waals surface area contributed by atoms with Gasteiger partial charge in [0.05, 0.1) is 5.56 Å². The van der Waals surface area contributed by atoms with Gasteiger partial charge < -0.3 is 9.47 Å². The van der Waals surface area contributed by atoms with Crippen molar-refractivity contribution < 1.29 is 14.3 Å². The zero-order valence-electron chi connectivity index (χ0n) is 18.9. The van der Waals surface area contributed by atoms with Crippen LogP contribution in [0.1, 0.15) is 27.0 Å². The molecule has 0 bridgehead atoms. The van der Waals surface area contributed by atoms with Crippen molar-refractivity contribution in [2.75, 3.05) is 6.61 Å². The number of rotatable bonds is 6. The van der Waals surface area contributed by atoms with Gasteiger partial charge in [-0.1, -0.05) is 91.0 Å². The van der Waals surface area contributed by atoms with Crippen molar-refractivity contribution in [3.05, 3.63) is 131 Å². The smallest absolute Gasteiger partial charge is 0.231 e. The zero-order valence-corrected chi connectivity index (χ0v) is 18.9. The second-order valence-corrected chi connectivity index (χ2v) is 8.12. The van der Waals surface area contributed by atoms with Crippen LogP contribution in [0.25, 0.3) is 23.3 Å². The van der Waals surface area contributed by atoms with E-state index >= 15 is 0 Å². The van der Waals surface area contributed by atoms with Crippen LogP contribution in [0.5, 0.6) is 11.5 Å². The van der Waals surface area contributed by atoms with Crippen molar-refractivity contribution in [1.29, 1.82) is 0 Å². The summed E-state index contributed by atoms with van der Waals surface area (Å²) in [4.78, 5) is 12.9. The van der Waals surface area contributed by atoms with Gasteiger partial charge in [-0.2, -0.15) is 0 Å². The first-order chi connectivity index (χ1) is 16.7. The molecular weight excluding hydrogens is 420 g/mol. The van der Waals surface area contributed by atoms with Gasteiger partial charge >= 0.3 is 0 Å². The van der Waals surface area contributed by atoms with E-state index in [9.17, 15) is 4.79 Å². The number of ether oxygens (including phenoxy) is 2. The van der Waals surface area contributed by atoms with Crippen molar-refractivity contribution in [1.82, 2.24) is 0 Å².